The van der Waals surface area contributed by atoms with Crippen molar-refractivity contribution in [1.29, 1.82) is 5.26 Å². The summed E-state index contributed by atoms with van der Waals surface area (Å²) in [5, 5.41) is 12.0. The summed E-state index contributed by atoms with van der Waals surface area (Å²) in [5.41, 5.74) is 0.615. The average Bonchev–Trinajstić information content (AvgIpc) is 3.28. The van der Waals surface area contributed by atoms with Gasteiger partial charge in [0.15, 0.2) is 0 Å². The number of pyridine rings is 1. The first-order chi connectivity index (χ1) is 10.7. The topological polar surface area (TPSA) is 72.3 Å². The van der Waals surface area contributed by atoms with Gasteiger partial charge in [-0.1, -0.05) is 6.92 Å². The van der Waals surface area contributed by atoms with Gasteiger partial charge in [0, 0.05) is 38.9 Å². The molecule has 1 saturated heterocycles. The van der Waals surface area contributed by atoms with E-state index in [1.807, 2.05) is 4.90 Å². The zero-order valence-electron chi connectivity index (χ0n) is 12.8. The first-order valence-corrected chi connectivity index (χ1v) is 7.81. The Hall–Kier alpha value is -2.29. The molecule has 6 nitrogen and oxygen atoms in total. The third-order valence-corrected chi connectivity index (χ3v) is 4.56. The van der Waals surface area contributed by atoms with Crippen LogP contribution in [0.4, 0.5) is 10.6 Å². The van der Waals surface area contributed by atoms with E-state index in [0.717, 1.165) is 31.4 Å². The minimum Gasteiger partial charge on any atom is -0.353 e. The zero-order chi connectivity index (χ0) is 15.5. The lowest BCUT2D eigenvalue weighted by atomic mass is 10.2. The highest BCUT2D eigenvalue weighted by Gasteiger charge is 2.33. The highest BCUT2D eigenvalue weighted by Crippen LogP contribution is 2.36. The Kier molecular flexibility index (Phi) is 4.14. The van der Waals surface area contributed by atoms with Gasteiger partial charge >= 0.3 is 6.03 Å². The van der Waals surface area contributed by atoms with E-state index in [1.165, 1.54) is 6.42 Å². The van der Waals surface area contributed by atoms with Crippen molar-refractivity contribution in [3.63, 3.8) is 0 Å². The quantitative estimate of drug-likeness (QED) is 0.916. The second kappa shape index (κ2) is 6.22. The number of hydrogen-bond acceptors (Lipinski definition) is 4. The Bertz CT molecular complexity index is 588. The van der Waals surface area contributed by atoms with Crippen LogP contribution in [0.1, 0.15) is 18.9 Å². The van der Waals surface area contributed by atoms with Gasteiger partial charge < -0.3 is 15.1 Å². The predicted molar refractivity (Wildman–Crippen MR) is 83.4 cm³/mol. The summed E-state index contributed by atoms with van der Waals surface area (Å²) in [6.45, 7) is 5.88. The number of aromatic nitrogens is 1. The molecule has 1 aliphatic carbocycles. The van der Waals surface area contributed by atoms with E-state index in [2.05, 4.69) is 28.2 Å². The monoisotopic (exact) mass is 299 g/mol. The second-order valence-electron chi connectivity index (χ2n) is 6.15. The maximum absolute atomic E-state index is 12.1. The standard InChI is InChI=1S/C16H21N5O/c1-12-8-14(12)11-19-16(22)21-6-4-20(5-7-21)15-9-13(10-17)2-3-18-15/h2-3,9,12,14H,4-8,11H2,1H3,(H,19,22)/t12-,14-/m0/s1. The Morgan fingerprint density at radius 2 is 2.18 bits per heavy atom. The van der Waals surface area contributed by atoms with Gasteiger partial charge in [-0.05, 0) is 30.4 Å². The molecule has 1 N–H and O–H groups in total. The molecule has 22 heavy (non-hydrogen) atoms. The van der Waals surface area contributed by atoms with Crippen molar-refractivity contribution in [3.05, 3.63) is 23.9 Å². The minimum atomic E-state index is 0.0393. The summed E-state index contributed by atoms with van der Waals surface area (Å²) >= 11 is 0. The number of amides is 2. The molecule has 1 saturated carbocycles. The van der Waals surface area contributed by atoms with Crippen LogP contribution in [0.5, 0.6) is 0 Å². The normalized spacial score (nSPS) is 23.8. The maximum Gasteiger partial charge on any atom is 0.317 e. The number of rotatable bonds is 3. The third-order valence-electron chi connectivity index (χ3n) is 4.56. The molecule has 0 bridgehead atoms. The van der Waals surface area contributed by atoms with Crippen LogP contribution in [0.15, 0.2) is 18.3 Å². The molecule has 2 heterocycles. The Labute approximate surface area is 130 Å². The van der Waals surface area contributed by atoms with Crippen LogP contribution in [0, 0.1) is 23.2 Å². The fourth-order valence-corrected chi connectivity index (χ4v) is 2.81. The summed E-state index contributed by atoms with van der Waals surface area (Å²) in [6.07, 6.45) is 2.89. The van der Waals surface area contributed by atoms with Gasteiger partial charge in [0.25, 0.3) is 0 Å². The number of nitrogens with one attached hydrogen (secondary N) is 1. The van der Waals surface area contributed by atoms with E-state index < -0.39 is 0 Å². The van der Waals surface area contributed by atoms with Crippen LogP contribution in [0.25, 0.3) is 0 Å². The van der Waals surface area contributed by atoms with Crippen molar-refractivity contribution >= 4 is 11.8 Å². The molecule has 1 aromatic rings. The van der Waals surface area contributed by atoms with Crippen molar-refractivity contribution in [2.45, 2.75) is 13.3 Å². The third kappa shape index (κ3) is 3.30. The Balaban J connectivity index is 1.49. The lowest BCUT2D eigenvalue weighted by molar-refractivity contribution is 0.193. The molecule has 2 amide bonds. The number of nitriles is 1. The summed E-state index contributed by atoms with van der Waals surface area (Å²) in [6, 6.07) is 5.66. The molecule has 0 aromatic carbocycles. The van der Waals surface area contributed by atoms with E-state index in [-0.39, 0.29) is 6.03 Å². The number of nitrogens with zero attached hydrogens (tertiary/aromatic N) is 4. The van der Waals surface area contributed by atoms with Gasteiger partial charge in [0.05, 0.1) is 11.6 Å². The highest BCUT2D eigenvalue weighted by molar-refractivity contribution is 5.74. The van der Waals surface area contributed by atoms with Crippen LogP contribution >= 0.6 is 0 Å². The summed E-state index contributed by atoms with van der Waals surface area (Å²) < 4.78 is 0. The average molecular weight is 299 g/mol. The van der Waals surface area contributed by atoms with Crippen molar-refractivity contribution in [2.75, 3.05) is 37.6 Å². The smallest absolute Gasteiger partial charge is 0.317 e. The Morgan fingerprint density at radius 3 is 2.82 bits per heavy atom. The van der Waals surface area contributed by atoms with Gasteiger partial charge in [0.2, 0.25) is 0 Å². The van der Waals surface area contributed by atoms with Gasteiger partial charge in [-0.15, -0.1) is 0 Å². The largest absolute Gasteiger partial charge is 0.353 e. The van der Waals surface area contributed by atoms with E-state index in [9.17, 15) is 4.79 Å². The number of piperazine rings is 1. The van der Waals surface area contributed by atoms with Crippen molar-refractivity contribution in [1.82, 2.24) is 15.2 Å². The lowest BCUT2D eigenvalue weighted by Gasteiger charge is -2.35. The van der Waals surface area contributed by atoms with E-state index in [0.29, 0.717) is 24.6 Å². The van der Waals surface area contributed by atoms with Gasteiger partial charge in [-0.2, -0.15) is 5.26 Å². The van der Waals surface area contributed by atoms with Crippen molar-refractivity contribution < 1.29 is 4.79 Å². The SMILES string of the molecule is C[C@H]1C[C@H]1CNC(=O)N1CCN(c2cc(C#N)ccn2)CC1. The molecule has 0 radical (unpaired) electrons. The van der Waals surface area contributed by atoms with E-state index in [1.54, 1.807) is 18.3 Å². The van der Waals surface area contributed by atoms with Gasteiger partial charge in [0.1, 0.15) is 5.82 Å². The highest BCUT2D eigenvalue weighted by atomic mass is 16.2. The first-order valence-electron chi connectivity index (χ1n) is 7.81. The van der Waals surface area contributed by atoms with Crippen LogP contribution in [0.2, 0.25) is 0 Å². The molecule has 0 spiro atoms. The number of hydrogen-bond donors (Lipinski definition) is 1. The molecular formula is C16H21N5O. The van der Waals surface area contributed by atoms with E-state index in [4.69, 9.17) is 5.26 Å². The molecule has 3 rings (SSSR count). The van der Waals surface area contributed by atoms with Gasteiger partial charge in [-0.25, -0.2) is 9.78 Å². The Morgan fingerprint density at radius 1 is 1.45 bits per heavy atom. The van der Waals surface area contributed by atoms with Crippen molar-refractivity contribution in [3.8, 4) is 6.07 Å². The van der Waals surface area contributed by atoms with Gasteiger partial charge in [-0.3, -0.25) is 0 Å². The predicted octanol–water partition coefficient (Wildman–Crippen LogP) is 1.44. The number of anilines is 1. The molecule has 2 atom stereocenters. The van der Waals surface area contributed by atoms with Crippen LogP contribution in [-0.4, -0.2) is 48.6 Å². The molecule has 6 heteroatoms. The number of carbonyl (C=O) groups is 1. The molecule has 116 valence electrons. The number of urea groups is 1. The summed E-state index contributed by atoms with van der Waals surface area (Å²) in [5.74, 6) is 2.24. The van der Waals surface area contributed by atoms with Crippen LogP contribution in [0.3, 0.4) is 0 Å². The lowest BCUT2D eigenvalue weighted by Crippen LogP contribution is -2.52. The minimum absolute atomic E-state index is 0.0393. The van der Waals surface area contributed by atoms with Crippen LogP contribution in [-0.2, 0) is 0 Å². The first kappa shape index (κ1) is 14.6. The van der Waals surface area contributed by atoms with E-state index >= 15 is 0 Å². The fourth-order valence-electron chi connectivity index (χ4n) is 2.81. The fraction of sp³-hybridized carbons (Fsp3) is 0.562. The zero-order valence-corrected chi connectivity index (χ0v) is 12.8. The molecule has 2 aliphatic rings. The molecular weight excluding hydrogens is 278 g/mol. The molecule has 1 aromatic heterocycles. The second-order valence-corrected chi connectivity index (χ2v) is 6.15. The summed E-state index contributed by atoms with van der Waals surface area (Å²) in [7, 11) is 0. The maximum atomic E-state index is 12.1. The summed E-state index contributed by atoms with van der Waals surface area (Å²) in [4.78, 5) is 20.4. The molecule has 1 aliphatic heterocycles. The van der Waals surface area contributed by atoms with Crippen molar-refractivity contribution in [2.24, 2.45) is 11.8 Å². The van der Waals surface area contributed by atoms with Crippen LogP contribution < -0.4 is 10.2 Å². The molecule has 2 fully saturated rings. The molecule has 0 unspecified atom stereocenters. The number of carbonyl (C=O) groups excluding carboxylic acids is 1.